The molecule has 2 aromatic rings. The SMILES string of the molecule is Ic1cccc(NC2CCN(Cc3ccccc3)CC2)c1. The minimum atomic E-state index is 0.607. The second kappa shape index (κ2) is 7.27. The van der Waals surface area contributed by atoms with Crippen LogP contribution in [0.15, 0.2) is 54.6 Å². The number of benzene rings is 2. The first kappa shape index (κ1) is 14.9. The summed E-state index contributed by atoms with van der Waals surface area (Å²) in [6.45, 7) is 3.43. The Morgan fingerprint density at radius 2 is 1.76 bits per heavy atom. The van der Waals surface area contributed by atoms with Crippen LogP contribution < -0.4 is 5.32 Å². The lowest BCUT2D eigenvalue weighted by Crippen LogP contribution is -2.38. The van der Waals surface area contributed by atoms with E-state index in [4.69, 9.17) is 0 Å². The molecule has 1 heterocycles. The maximum atomic E-state index is 3.67. The number of nitrogens with one attached hydrogen (secondary N) is 1. The van der Waals surface area contributed by atoms with Crippen molar-refractivity contribution in [1.82, 2.24) is 4.90 Å². The van der Waals surface area contributed by atoms with E-state index in [-0.39, 0.29) is 0 Å². The van der Waals surface area contributed by atoms with E-state index in [0.29, 0.717) is 6.04 Å². The van der Waals surface area contributed by atoms with Crippen LogP contribution in [0, 0.1) is 3.57 Å². The smallest absolute Gasteiger partial charge is 0.0352 e. The van der Waals surface area contributed by atoms with E-state index in [1.807, 2.05) is 0 Å². The minimum absolute atomic E-state index is 0.607. The largest absolute Gasteiger partial charge is 0.382 e. The second-order valence-electron chi connectivity index (χ2n) is 5.69. The van der Waals surface area contributed by atoms with E-state index in [2.05, 4.69) is 87.4 Å². The fraction of sp³-hybridized carbons (Fsp3) is 0.333. The van der Waals surface area contributed by atoms with Gasteiger partial charge in [0.05, 0.1) is 0 Å². The molecule has 0 aromatic heterocycles. The normalized spacial score (nSPS) is 16.8. The van der Waals surface area contributed by atoms with Gasteiger partial charge in [-0.05, 0) is 59.2 Å². The molecular weight excluding hydrogens is 371 g/mol. The highest BCUT2D eigenvalue weighted by atomic mass is 127. The Hall–Kier alpha value is -1.07. The first-order valence-electron chi connectivity index (χ1n) is 7.58. The molecule has 21 heavy (non-hydrogen) atoms. The predicted octanol–water partition coefficient (Wildman–Crippen LogP) is 4.37. The van der Waals surface area contributed by atoms with Crippen molar-refractivity contribution in [2.75, 3.05) is 18.4 Å². The number of hydrogen-bond donors (Lipinski definition) is 1. The van der Waals surface area contributed by atoms with Gasteiger partial charge in [-0.15, -0.1) is 0 Å². The van der Waals surface area contributed by atoms with Crippen LogP contribution in [0.3, 0.4) is 0 Å². The van der Waals surface area contributed by atoms with Crippen molar-refractivity contribution in [1.29, 1.82) is 0 Å². The molecule has 1 aliphatic heterocycles. The Morgan fingerprint density at radius 1 is 1.00 bits per heavy atom. The van der Waals surface area contributed by atoms with Gasteiger partial charge in [0, 0.05) is 34.9 Å². The second-order valence-corrected chi connectivity index (χ2v) is 6.94. The molecule has 110 valence electrons. The van der Waals surface area contributed by atoms with Crippen LogP contribution in [0.4, 0.5) is 5.69 Å². The quantitative estimate of drug-likeness (QED) is 0.778. The third kappa shape index (κ3) is 4.45. The van der Waals surface area contributed by atoms with Crippen LogP contribution >= 0.6 is 22.6 Å². The highest BCUT2D eigenvalue weighted by Crippen LogP contribution is 2.19. The first-order valence-corrected chi connectivity index (χ1v) is 8.66. The zero-order valence-electron chi connectivity index (χ0n) is 12.1. The van der Waals surface area contributed by atoms with Crippen LogP contribution in [-0.4, -0.2) is 24.0 Å². The maximum Gasteiger partial charge on any atom is 0.0352 e. The Morgan fingerprint density at radius 3 is 2.48 bits per heavy atom. The summed E-state index contributed by atoms with van der Waals surface area (Å²) in [5.41, 5.74) is 2.67. The average molecular weight is 392 g/mol. The standard InChI is InChI=1S/C18H21IN2/c19-16-7-4-8-18(13-16)20-17-9-11-21(12-10-17)14-15-5-2-1-3-6-15/h1-8,13,17,20H,9-12,14H2. The van der Waals surface area contributed by atoms with E-state index < -0.39 is 0 Å². The highest BCUT2D eigenvalue weighted by Gasteiger charge is 2.18. The van der Waals surface area contributed by atoms with Gasteiger partial charge in [0.1, 0.15) is 0 Å². The lowest BCUT2D eigenvalue weighted by Gasteiger charge is -2.33. The first-order chi connectivity index (χ1) is 10.3. The van der Waals surface area contributed by atoms with E-state index >= 15 is 0 Å². The van der Waals surface area contributed by atoms with Crippen molar-refractivity contribution in [3.05, 3.63) is 63.7 Å². The molecule has 2 nitrogen and oxygen atoms in total. The van der Waals surface area contributed by atoms with Crippen molar-refractivity contribution < 1.29 is 0 Å². The van der Waals surface area contributed by atoms with Gasteiger partial charge < -0.3 is 5.32 Å². The van der Waals surface area contributed by atoms with Crippen molar-refractivity contribution in [2.45, 2.75) is 25.4 Å². The zero-order chi connectivity index (χ0) is 14.5. The molecule has 1 saturated heterocycles. The summed E-state index contributed by atoms with van der Waals surface area (Å²) in [7, 11) is 0. The topological polar surface area (TPSA) is 15.3 Å². The van der Waals surface area contributed by atoms with Gasteiger partial charge in [-0.3, -0.25) is 4.90 Å². The summed E-state index contributed by atoms with van der Waals surface area (Å²) in [6, 6.07) is 20.0. The van der Waals surface area contributed by atoms with E-state index in [1.165, 1.54) is 40.8 Å². The fourth-order valence-corrected chi connectivity index (χ4v) is 3.43. The molecular formula is C18H21IN2. The molecule has 0 spiro atoms. The molecule has 0 atom stereocenters. The van der Waals surface area contributed by atoms with Crippen molar-refractivity contribution >= 4 is 28.3 Å². The van der Waals surface area contributed by atoms with Crippen molar-refractivity contribution in [3.8, 4) is 0 Å². The zero-order valence-corrected chi connectivity index (χ0v) is 14.3. The molecule has 0 bridgehead atoms. The molecule has 0 aliphatic carbocycles. The van der Waals surface area contributed by atoms with Crippen LogP contribution in [0.2, 0.25) is 0 Å². The summed E-state index contributed by atoms with van der Waals surface area (Å²) >= 11 is 2.37. The third-order valence-corrected chi connectivity index (χ3v) is 4.70. The molecule has 0 amide bonds. The van der Waals surface area contributed by atoms with Gasteiger partial charge in [-0.25, -0.2) is 0 Å². The van der Waals surface area contributed by atoms with Gasteiger partial charge in [-0.1, -0.05) is 36.4 Å². The molecule has 3 heteroatoms. The molecule has 3 rings (SSSR count). The van der Waals surface area contributed by atoms with Crippen molar-refractivity contribution in [2.24, 2.45) is 0 Å². The number of anilines is 1. The number of nitrogens with zero attached hydrogens (tertiary/aromatic N) is 1. The Bertz CT molecular complexity index is 562. The summed E-state index contributed by atoms with van der Waals surface area (Å²) in [4.78, 5) is 2.56. The summed E-state index contributed by atoms with van der Waals surface area (Å²) < 4.78 is 1.29. The Balaban J connectivity index is 1.49. The summed E-state index contributed by atoms with van der Waals surface area (Å²) in [5.74, 6) is 0. The van der Waals surface area contributed by atoms with Gasteiger partial charge in [0.25, 0.3) is 0 Å². The van der Waals surface area contributed by atoms with E-state index in [9.17, 15) is 0 Å². The summed E-state index contributed by atoms with van der Waals surface area (Å²) in [5, 5.41) is 3.67. The monoisotopic (exact) mass is 392 g/mol. The highest BCUT2D eigenvalue weighted by molar-refractivity contribution is 14.1. The molecule has 2 aromatic carbocycles. The molecule has 1 fully saturated rings. The van der Waals surface area contributed by atoms with Gasteiger partial charge in [-0.2, -0.15) is 0 Å². The Labute approximate surface area is 140 Å². The minimum Gasteiger partial charge on any atom is -0.382 e. The molecule has 0 unspecified atom stereocenters. The van der Waals surface area contributed by atoms with Gasteiger partial charge >= 0.3 is 0 Å². The number of hydrogen-bond acceptors (Lipinski definition) is 2. The molecule has 1 N–H and O–H groups in total. The van der Waals surface area contributed by atoms with Crippen LogP contribution in [0.5, 0.6) is 0 Å². The fourth-order valence-electron chi connectivity index (χ4n) is 2.89. The lowest BCUT2D eigenvalue weighted by molar-refractivity contribution is 0.211. The molecule has 0 radical (unpaired) electrons. The third-order valence-electron chi connectivity index (χ3n) is 4.03. The van der Waals surface area contributed by atoms with Crippen molar-refractivity contribution in [3.63, 3.8) is 0 Å². The van der Waals surface area contributed by atoms with Crippen LogP contribution in [0.25, 0.3) is 0 Å². The van der Waals surface area contributed by atoms with Crippen LogP contribution in [-0.2, 0) is 6.54 Å². The van der Waals surface area contributed by atoms with E-state index in [1.54, 1.807) is 0 Å². The van der Waals surface area contributed by atoms with E-state index in [0.717, 1.165) is 6.54 Å². The number of halogens is 1. The predicted molar refractivity (Wildman–Crippen MR) is 97.5 cm³/mol. The maximum absolute atomic E-state index is 3.67. The van der Waals surface area contributed by atoms with Crippen LogP contribution in [0.1, 0.15) is 18.4 Å². The summed E-state index contributed by atoms with van der Waals surface area (Å²) in [6.07, 6.45) is 2.44. The Kier molecular flexibility index (Phi) is 5.14. The number of likely N-dealkylation sites (tertiary alicyclic amines) is 1. The van der Waals surface area contributed by atoms with Gasteiger partial charge in [0.15, 0.2) is 0 Å². The number of rotatable bonds is 4. The number of piperidine rings is 1. The van der Waals surface area contributed by atoms with Gasteiger partial charge in [0.2, 0.25) is 0 Å². The molecule has 1 aliphatic rings. The average Bonchev–Trinajstić information content (AvgIpc) is 2.50. The lowest BCUT2D eigenvalue weighted by atomic mass is 10.0. The molecule has 0 saturated carbocycles.